The number of hydrogen-bond donors (Lipinski definition) is 2. The van der Waals surface area contributed by atoms with E-state index in [4.69, 9.17) is 0 Å². The molecule has 100 valence electrons. The predicted molar refractivity (Wildman–Crippen MR) is 75.5 cm³/mol. The van der Waals surface area contributed by atoms with E-state index in [0.29, 0.717) is 5.69 Å². The van der Waals surface area contributed by atoms with Crippen molar-refractivity contribution in [2.75, 3.05) is 30.4 Å². The Morgan fingerprint density at radius 2 is 2.22 bits per heavy atom. The lowest BCUT2D eigenvalue weighted by atomic mass is 10.3. The molecule has 0 heterocycles. The van der Waals surface area contributed by atoms with Crippen LogP contribution in [0.1, 0.15) is 12.8 Å². The van der Waals surface area contributed by atoms with Crippen LogP contribution in [0.2, 0.25) is 0 Å². The number of nitrogens with one attached hydrogen (secondary N) is 2. The molecule has 0 radical (unpaired) electrons. The topological polar surface area (TPSA) is 41.1 Å². The van der Waals surface area contributed by atoms with Crippen molar-refractivity contribution in [1.82, 2.24) is 5.32 Å². The number of carbonyl (C=O) groups is 1. The molecular formula is C13H19FN2OS. The van der Waals surface area contributed by atoms with Gasteiger partial charge in [0, 0.05) is 5.69 Å². The van der Waals surface area contributed by atoms with Crippen molar-refractivity contribution in [2.45, 2.75) is 12.8 Å². The molecule has 0 fully saturated rings. The number of thioether (sulfide) groups is 1. The van der Waals surface area contributed by atoms with E-state index in [1.807, 2.05) is 11.8 Å². The molecular weight excluding hydrogens is 251 g/mol. The normalized spacial score (nSPS) is 10.3. The molecule has 3 nitrogen and oxygen atoms in total. The molecule has 1 amide bonds. The average Bonchev–Trinajstić information content (AvgIpc) is 2.33. The Morgan fingerprint density at radius 3 is 2.94 bits per heavy atom. The molecule has 5 heteroatoms. The Balaban J connectivity index is 2.14. The van der Waals surface area contributed by atoms with Crippen LogP contribution in [0, 0.1) is 5.82 Å². The Kier molecular flexibility index (Phi) is 7.44. The van der Waals surface area contributed by atoms with Gasteiger partial charge in [0.25, 0.3) is 0 Å². The minimum Gasteiger partial charge on any atom is -0.325 e. The first-order valence-electron chi connectivity index (χ1n) is 5.97. The van der Waals surface area contributed by atoms with Gasteiger partial charge in [-0.15, -0.1) is 0 Å². The van der Waals surface area contributed by atoms with E-state index < -0.39 is 0 Å². The van der Waals surface area contributed by atoms with Crippen molar-refractivity contribution >= 4 is 23.4 Å². The minimum atomic E-state index is -0.349. The number of unbranched alkanes of at least 4 members (excludes halogenated alkanes) is 1. The lowest BCUT2D eigenvalue weighted by molar-refractivity contribution is -0.115. The monoisotopic (exact) mass is 270 g/mol. The Morgan fingerprint density at radius 1 is 1.39 bits per heavy atom. The highest BCUT2D eigenvalue weighted by Gasteiger charge is 2.02. The maximum Gasteiger partial charge on any atom is 0.238 e. The van der Waals surface area contributed by atoms with Crippen molar-refractivity contribution in [2.24, 2.45) is 0 Å². The smallest absolute Gasteiger partial charge is 0.238 e. The summed E-state index contributed by atoms with van der Waals surface area (Å²) in [7, 11) is 0. The summed E-state index contributed by atoms with van der Waals surface area (Å²) in [5.74, 6) is 0.653. The van der Waals surface area contributed by atoms with E-state index in [1.54, 1.807) is 12.1 Å². The summed E-state index contributed by atoms with van der Waals surface area (Å²) in [6.07, 6.45) is 4.30. The van der Waals surface area contributed by atoms with Crippen LogP contribution in [0.4, 0.5) is 10.1 Å². The van der Waals surface area contributed by atoms with Gasteiger partial charge in [-0.3, -0.25) is 4.79 Å². The van der Waals surface area contributed by atoms with Gasteiger partial charge in [0.15, 0.2) is 0 Å². The zero-order chi connectivity index (χ0) is 13.2. The number of amides is 1. The number of rotatable bonds is 8. The third-order valence-corrected chi connectivity index (χ3v) is 3.04. The average molecular weight is 270 g/mol. The SMILES string of the molecule is CSCCCCNCC(=O)Nc1cccc(F)c1. The van der Waals surface area contributed by atoms with Crippen LogP contribution in [-0.2, 0) is 4.79 Å². The Hall–Kier alpha value is -1.07. The summed E-state index contributed by atoms with van der Waals surface area (Å²) >= 11 is 1.83. The summed E-state index contributed by atoms with van der Waals surface area (Å²) in [6, 6.07) is 5.89. The molecule has 0 aliphatic carbocycles. The van der Waals surface area contributed by atoms with Crippen molar-refractivity contribution in [1.29, 1.82) is 0 Å². The third kappa shape index (κ3) is 6.61. The molecule has 1 rings (SSSR count). The number of benzene rings is 1. The quantitative estimate of drug-likeness (QED) is 0.713. The minimum absolute atomic E-state index is 0.148. The first-order chi connectivity index (χ1) is 8.72. The number of carbonyl (C=O) groups excluding carboxylic acids is 1. The zero-order valence-electron chi connectivity index (χ0n) is 10.5. The van der Waals surface area contributed by atoms with Gasteiger partial charge in [-0.1, -0.05) is 6.07 Å². The highest BCUT2D eigenvalue weighted by molar-refractivity contribution is 7.98. The van der Waals surface area contributed by atoms with E-state index in [9.17, 15) is 9.18 Å². The van der Waals surface area contributed by atoms with E-state index >= 15 is 0 Å². The molecule has 0 aromatic heterocycles. The first kappa shape index (κ1) is 15.0. The molecule has 0 bridgehead atoms. The number of anilines is 1. The molecule has 1 aromatic carbocycles. The fraction of sp³-hybridized carbons (Fsp3) is 0.462. The second-order valence-corrected chi connectivity index (χ2v) is 4.92. The number of halogens is 1. The molecule has 0 saturated carbocycles. The molecule has 0 spiro atoms. The second-order valence-electron chi connectivity index (χ2n) is 3.94. The van der Waals surface area contributed by atoms with Crippen LogP contribution in [0.3, 0.4) is 0 Å². The fourth-order valence-electron chi connectivity index (χ4n) is 1.47. The largest absolute Gasteiger partial charge is 0.325 e. The van der Waals surface area contributed by atoms with Crippen LogP contribution in [0.15, 0.2) is 24.3 Å². The van der Waals surface area contributed by atoms with Crippen LogP contribution in [0.5, 0.6) is 0 Å². The molecule has 0 unspecified atom stereocenters. The van der Waals surface area contributed by atoms with Gasteiger partial charge in [-0.05, 0) is 49.6 Å². The van der Waals surface area contributed by atoms with E-state index in [-0.39, 0.29) is 18.3 Å². The van der Waals surface area contributed by atoms with E-state index in [0.717, 1.165) is 25.1 Å². The van der Waals surface area contributed by atoms with Gasteiger partial charge in [0.05, 0.1) is 6.54 Å². The van der Waals surface area contributed by atoms with Crippen molar-refractivity contribution in [3.63, 3.8) is 0 Å². The summed E-state index contributed by atoms with van der Waals surface area (Å²) in [4.78, 5) is 11.5. The molecule has 18 heavy (non-hydrogen) atoms. The molecule has 0 aliphatic heterocycles. The Bertz CT molecular complexity index is 374. The molecule has 0 saturated heterocycles. The van der Waals surface area contributed by atoms with Gasteiger partial charge < -0.3 is 10.6 Å². The lowest BCUT2D eigenvalue weighted by Crippen LogP contribution is -2.28. The van der Waals surface area contributed by atoms with Crippen molar-refractivity contribution < 1.29 is 9.18 Å². The Labute approximate surface area is 112 Å². The maximum atomic E-state index is 12.9. The standard InChI is InChI=1S/C13H19FN2OS/c1-18-8-3-2-7-15-10-13(17)16-12-6-4-5-11(14)9-12/h4-6,9,15H,2-3,7-8,10H2,1H3,(H,16,17). The van der Waals surface area contributed by atoms with Gasteiger partial charge in [0.2, 0.25) is 5.91 Å². The lowest BCUT2D eigenvalue weighted by Gasteiger charge is -2.06. The van der Waals surface area contributed by atoms with Crippen LogP contribution < -0.4 is 10.6 Å². The fourth-order valence-corrected chi connectivity index (χ4v) is 1.96. The van der Waals surface area contributed by atoms with Crippen LogP contribution in [-0.4, -0.2) is 31.0 Å². The van der Waals surface area contributed by atoms with Gasteiger partial charge in [-0.25, -0.2) is 4.39 Å². The maximum absolute atomic E-state index is 12.9. The number of hydrogen-bond acceptors (Lipinski definition) is 3. The zero-order valence-corrected chi connectivity index (χ0v) is 11.4. The van der Waals surface area contributed by atoms with E-state index in [1.165, 1.54) is 12.1 Å². The predicted octanol–water partition coefficient (Wildman–Crippen LogP) is 2.50. The van der Waals surface area contributed by atoms with Crippen LogP contribution >= 0.6 is 11.8 Å². The third-order valence-electron chi connectivity index (χ3n) is 2.35. The highest BCUT2D eigenvalue weighted by Crippen LogP contribution is 2.08. The summed E-state index contributed by atoms with van der Waals surface area (Å²) < 4.78 is 12.9. The first-order valence-corrected chi connectivity index (χ1v) is 7.37. The molecule has 0 atom stereocenters. The summed E-state index contributed by atoms with van der Waals surface area (Å²) in [5.41, 5.74) is 0.490. The molecule has 0 aliphatic rings. The second kappa shape index (κ2) is 8.94. The van der Waals surface area contributed by atoms with Gasteiger partial charge >= 0.3 is 0 Å². The van der Waals surface area contributed by atoms with Crippen LogP contribution in [0.25, 0.3) is 0 Å². The van der Waals surface area contributed by atoms with Gasteiger partial charge in [0.1, 0.15) is 5.82 Å². The summed E-state index contributed by atoms with van der Waals surface area (Å²) in [6.45, 7) is 1.09. The van der Waals surface area contributed by atoms with E-state index in [2.05, 4.69) is 16.9 Å². The van der Waals surface area contributed by atoms with Crippen molar-refractivity contribution in [3.8, 4) is 0 Å². The summed E-state index contributed by atoms with van der Waals surface area (Å²) in [5, 5.41) is 5.70. The molecule has 1 aromatic rings. The van der Waals surface area contributed by atoms with Crippen molar-refractivity contribution in [3.05, 3.63) is 30.1 Å². The highest BCUT2D eigenvalue weighted by atomic mass is 32.2. The van der Waals surface area contributed by atoms with Gasteiger partial charge in [-0.2, -0.15) is 11.8 Å². The molecule has 2 N–H and O–H groups in total.